The maximum Gasteiger partial charge on any atom is 0.139 e. The number of rotatable bonds is 2. The summed E-state index contributed by atoms with van der Waals surface area (Å²) in [6.45, 7) is 3.99. The standard InChI is InChI=1S/C18H17NO3/c1-11-8-12(2)18-15(9-11)16(19-20)10-17(22-18)13-4-6-14(21-3)7-5-13/h4-10,20H,1-3H3. The average Bonchev–Trinajstić information content (AvgIpc) is 2.54. The Morgan fingerprint density at radius 3 is 2.41 bits per heavy atom. The molecule has 0 aliphatic rings. The Kier molecular flexibility index (Phi) is 3.59. The molecule has 0 spiro atoms. The van der Waals surface area contributed by atoms with Gasteiger partial charge in [0.25, 0.3) is 0 Å². The Morgan fingerprint density at radius 1 is 1.05 bits per heavy atom. The molecule has 0 aliphatic heterocycles. The van der Waals surface area contributed by atoms with Crippen molar-refractivity contribution in [1.82, 2.24) is 0 Å². The molecule has 1 aromatic heterocycles. The molecule has 1 N–H and O–H groups in total. The molecule has 112 valence electrons. The number of benzene rings is 2. The zero-order valence-electron chi connectivity index (χ0n) is 12.8. The van der Waals surface area contributed by atoms with E-state index >= 15 is 0 Å². The predicted molar refractivity (Wildman–Crippen MR) is 85.0 cm³/mol. The molecule has 22 heavy (non-hydrogen) atoms. The fraction of sp³-hybridized carbons (Fsp3) is 0.167. The van der Waals surface area contributed by atoms with E-state index in [1.165, 1.54) is 0 Å². The number of methoxy groups -OCH3 is 1. The summed E-state index contributed by atoms with van der Waals surface area (Å²) in [6.07, 6.45) is 0. The van der Waals surface area contributed by atoms with Crippen LogP contribution < -0.4 is 10.1 Å². The van der Waals surface area contributed by atoms with Crippen molar-refractivity contribution in [2.75, 3.05) is 7.11 Å². The van der Waals surface area contributed by atoms with Crippen LogP contribution >= 0.6 is 0 Å². The van der Waals surface area contributed by atoms with Crippen LogP contribution in [0.15, 0.2) is 52.0 Å². The highest BCUT2D eigenvalue weighted by Crippen LogP contribution is 2.26. The van der Waals surface area contributed by atoms with E-state index in [0.717, 1.165) is 33.4 Å². The van der Waals surface area contributed by atoms with Gasteiger partial charge >= 0.3 is 0 Å². The lowest BCUT2D eigenvalue weighted by molar-refractivity contribution is 0.302. The Balaban J connectivity index is 2.27. The number of hydrogen-bond donors (Lipinski definition) is 1. The normalized spacial score (nSPS) is 11.9. The van der Waals surface area contributed by atoms with Crippen molar-refractivity contribution in [3.63, 3.8) is 0 Å². The van der Waals surface area contributed by atoms with Gasteiger partial charge in [-0.05, 0) is 55.3 Å². The average molecular weight is 295 g/mol. The van der Waals surface area contributed by atoms with Crippen LogP contribution in [0.5, 0.6) is 5.75 Å². The Hall–Kier alpha value is -2.75. The molecule has 0 saturated carbocycles. The van der Waals surface area contributed by atoms with Crippen LogP contribution in [-0.4, -0.2) is 12.3 Å². The molecule has 0 aliphatic carbocycles. The zero-order chi connectivity index (χ0) is 15.7. The van der Waals surface area contributed by atoms with Crippen LogP contribution in [0.25, 0.3) is 22.3 Å². The van der Waals surface area contributed by atoms with Gasteiger partial charge < -0.3 is 14.4 Å². The van der Waals surface area contributed by atoms with E-state index in [2.05, 4.69) is 5.16 Å². The van der Waals surface area contributed by atoms with Crippen molar-refractivity contribution in [3.05, 3.63) is 58.9 Å². The Bertz CT molecular complexity index is 893. The molecular formula is C18H17NO3. The monoisotopic (exact) mass is 295 g/mol. The van der Waals surface area contributed by atoms with Gasteiger partial charge in [-0.15, -0.1) is 0 Å². The van der Waals surface area contributed by atoms with Crippen LogP contribution in [0.3, 0.4) is 0 Å². The molecule has 4 nitrogen and oxygen atoms in total. The second-order valence-corrected chi connectivity index (χ2v) is 5.28. The first-order chi connectivity index (χ1) is 10.6. The van der Waals surface area contributed by atoms with Crippen LogP contribution in [0, 0.1) is 13.8 Å². The van der Waals surface area contributed by atoms with Crippen LogP contribution in [0.2, 0.25) is 0 Å². The summed E-state index contributed by atoms with van der Waals surface area (Å²) in [6, 6.07) is 13.3. The summed E-state index contributed by atoms with van der Waals surface area (Å²) < 4.78 is 11.2. The largest absolute Gasteiger partial charge is 0.497 e. The van der Waals surface area contributed by atoms with Crippen molar-refractivity contribution in [1.29, 1.82) is 0 Å². The van der Waals surface area contributed by atoms with Crippen molar-refractivity contribution in [3.8, 4) is 17.1 Å². The molecular weight excluding hydrogens is 278 g/mol. The Morgan fingerprint density at radius 2 is 1.77 bits per heavy atom. The topological polar surface area (TPSA) is 55.0 Å². The second-order valence-electron chi connectivity index (χ2n) is 5.28. The third kappa shape index (κ3) is 2.44. The summed E-state index contributed by atoms with van der Waals surface area (Å²) in [5.74, 6) is 1.43. The molecule has 4 heteroatoms. The van der Waals surface area contributed by atoms with E-state index < -0.39 is 0 Å². The van der Waals surface area contributed by atoms with Crippen molar-refractivity contribution >= 4 is 11.0 Å². The van der Waals surface area contributed by atoms with Gasteiger partial charge in [-0.3, -0.25) is 0 Å². The number of aryl methyl sites for hydroxylation is 2. The molecule has 0 radical (unpaired) electrons. The highest BCUT2D eigenvalue weighted by Gasteiger charge is 2.09. The number of nitrogens with zero attached hydrogens (tertiary/aromatic N) is 1. The van der Waals surface area contributed by atoms with Gasteiger partial charge in [0.05, 0.1) is 7.11 Å². The summed E-state index contributed by atoms with van der Waals surface area (Å²) >= 11 is 0. The van der Waals surface area contributed by atoms with Gasteiger partial charge in [0, 0.05) is 17.0 Å². The van der Waals surface area contributed by atoms with Gasteiger partial charge in [0.2, 0.25) is 0 Å². The van der Waals surface area contributed by atoms with Crippen LogP contribution in [0.4, 0.5) is 0 Å². The van der Waals surface area contributed by atoms with Gasteiger partial charge in [0.1, 0.15) is 22.5 Å². The molecule has 3 aromatic rings. The van der Waals surface area contributed by atoms with Crippen molar-refractivity contribution in [2.45, 2.75) is 13.8 Å². The van der Waals surface area contributed by atoms with Gasteiger partial charge in [0.15, 0.2) is 0 Å². The smallest absolute Gasteiger partial charge is 0.139 e. The maximum absolute atomic E-state index is 9.33. The lowest BCUT2D eigenvalue weighted by Gasteiger charge is -2.08. The fourth-order valence-electron chi connectivity index (χ4n) is 2.60. The summed E-state index contributed by atoms with van der Waals surface area (Å²) in [7, 11) is 1.63. The zero-order valence-corrected chi connectivity index (χ0v) is 12.8. The fourth-order valence-corrected chi connectivity index (χ4v) is 2.60. The summed E-state index contributed by atoms with van der Waals surface area (Å²) in [5, 5.41) is 14.1. The predicted octanol–water partition coefficient (Wildman–Crippen LogP) is 4.02. The third-order valence-electron chi connectivity index (χ3n) is 3.66. The molecule has 0 atom stereocenters. The van der Waals surface area contributed by atoms with Crippen molar-refractivity contribution in [2.24, 2.45) is 5.16 Å². The number of hydrogen-bond acceptors (Lipinski definition) is 4. The van der Waals surface area contributed by atoms with Gasteiger partial charge in [-0.1, -0.05) is 11.2 Å². The quantitative estimate of drug-likeness (QED) is 0.574. The molecule has 0 unspecified atom stereocenters. The van der Waals surface area contributed by atoms with E-state index in [-0.39, 0.29) is 0 Å². The first kappa shape index (κ1) is 14.2. The highest BCUT2D eigenvalue weighted by molar-refractivity contribution is 5.82. The van der Waals surface area contributed by atoms with E-state index in [9.17, 15) is 5.21 Å². The Labute approximate surface area is 128 Å². The van der Waals surface area contributed by atoms with E-state index in [1.54, 1.807) is 13.2 Å². The lowest BCUT2D eigenvalue weighted by Crippen LogP contribution is -2.04. The first-order valence-electron chi connectivity index (χ1n) is 7.00. The lowest BCUT2D eigenvalue weighted by atomic mass is 10.1. The van der Waals surface area contributed by atoms with Crippen LogP contribution in [-0.2, 0) is 0 Å². The maximum atomic E-state index is 9.33. The van der Waals surface area contributed by atoms with Crippen molar-refractivity contribution < 1.29 is 14.4 Å². The second kappa shape index (κ2) is 5.56. The minimum atomic E-state index is 0.499. The molecule has 0 amide bonds. The molecule has 3 rings (SSSR count). The summed E-state index contributed by atoms with van der Waals surface area (Å²) in [5.41, 5.74) is 3.73. The molecule has 0 saturated heterocycles. The van der Waals surface area contributed by atoms with E-state index in [1.807, 2.05) is 50.2 Å². The molecule has 1 heterocycles. The molecule has 0 bridgehead atoms. The SMILES string of the molecule is COc1ccc(-c2cc(=NO)c3cc(C)cc(C)c3o2)cc1. The van der Waals surface area contributed by atoms with E-state index in [0.29, 0.717) is 11.1 Å². The molecule has 2 aromatic carbocycles. The number of ether oxygens (including phenoxy) is 1. The highest BCUT2D eigenvalue weighted by atomic mass is 16.5. The first-order valence-corrected chi connectivity index (χ1v) is 7.00. The molecule has 0 fully saturated rings. The number of fused-ring (bicyclic) bond motifs is 1. The third-order valence-corrected chi connectivity index (χ3v) is 3.66. The minimum absolute atomic E-state index is 0.499. The summed E-state index contributed by atoms with van der Waals surface area (Å²) in [4.78, 5) is 0. The van der Waals surface area contributed by atoms with Gasteiger partial charge in [-0.25, -0.2) is 0 Å². The van der Waals surface area contributed by atoms with Gasteiger partial charge in [-0.2, -0.15) is 0 Å². The van der Waals surface area contributed by atoms with E-state index in [4.69, 9.17) is 9.15 Å². The minimum Gasteiger partial charge on any atom is -0.497 e. The van der Waals surface area contributed by atoms with Crippen LogP contribution in [0.1, 0.15) is 11.1 Å².